The van der Waals surface area contributed by atoms with Gasteiger partial charge in [-0.3, -0.25) is 4.79 Å². The van der Waals surface area contributed by atoms with E-state index in [4.69, 9.17) is 4.74 Å². The van der Waals surface area contributed by atoms with Gasteiger partial charge < -0.3 is 15.0 Å². The fraction of sp³-hybridized carbons (Fsp3) is 0.917. The summed E-state index contributed by atoms with van der Waals surface area (Å²) in [4.78, 5) is 14.3. The molecule has 3 unspecified atom stereocenters. The molecular formula is C12H22N2O2. The Balaban J connectivity index is 2.00. The zero-order chi connectivity index (χ0) is 11.5. The summed E-state index contributed by atoms with van der Waals surface area (Å²) in [6.07, 6.45) is 3.26. The Morgan fingerprint density at radius 1 is 1.56 bits per heavy atom. The first-order valence-electron chi connectivity index (χ1n) is 6.37. The monoisotopic (exact) mass is 226 g/mol. The molecule has 2 aliphatic rings. The van der Waals surface area contributed by atoms with E-state index in [0.29, 0.717) is 6.61 Å². The second kappa shape index (κ2) is 5.15. The number of carbonyl (C=O) groups excluding carboxylic acids is 1. The molecule has 0 radical (unpaired) electrons. The Labute approximate surface area is 97.3 Å². The summed E-state index contributed by atoms with van der Waals surface area (Å²) in [5, 5.41) is 3.28. The lowest BCUT2D eigenvalue weighted by Gasteiger charge is -2.39. The van der Waals surface area contributed by atoms with E-state index < -0.39 is 0 Å². The molecule has 92 valence electrons. The number of rotatable bonds is 2. The number of carbonyl (C=O) groups is 1. The first-order valence-corrected chi connectivity index (χ1v) is 6.37. The molecule has 0 aromatic rings. The highest BCUT2D eigenvalue weighted by atomic mass is 16.5. The normalized spacial score (nSPS) is 35.4. The molecule has 2 rings (SSSR count). The minimum absolute atomic E-state index is 0.0550. The van der Waals surface area contributed by atoms with Crippen molar-refractivity contribution in [1.29, 1.82) is 0 Å². The minimum Gasteiger partial charge on any atom is -0.375 e. The number of nitrogens with zero attached hydrogens (tertiary/aromatic N) is 1. The van der Waals surface area contributed by atoms with Crippen molar-refractivity contribution in [3.63, 3.8) is 0 Å². The molecule has 4 heteroatoms. The molecule has 0 spiro atoms. The Kier molecular flexibility index (Phi) is 3.82. The summed E-state index contributed by atoms with van der Waals surface area (Å²) in [6.45, 7) is 6.57. The van der Waals surface area contributed by atoms with E-state index in [-0.39, 0.29) is 24.1 Å². The Morgan fingerprint density at radius 3 is 3.00 bits per heavy atom. The summed E-state index contributed by atoms with van der Waals surface area (Å²) in [5.74, 6) is 0.277. The van der Waals surface area contributed by atoms with Crippen LogP contribution in [0.15, 0.2) is 0 Å². The van der Waals surface area contributed by atoms with Gasteiger partial charge in [0.2, 0.25) is 5.91 Å². The van der Waals surface area contributed by atoms with Gasteiger partial charge in [-0.05, 0) is 32.7 Å². The Bertz CT molecular complexity index is 251. The van der Waals surface area contributed by atoms with Crippen LogP contribution in [0.5, 0.6) is 0 Å². The average Bonchev–Trinajstić information content (AvgIpc) is 2.81. The molecule has 0 bridgehead atoms. The van der Waals surface area contributed by atoms with Gasteiger partial charge in [0.05, 0.1) is 24.8 Å². The number of hydrogen-bond donors (Lipinski definition) is 1. The largest absolute Gasteiger partial charge is 0.375 e. The standard InChI is InChI=1S/C12H22N2O2/c1-3-10-8-16-9(2)7-14(10)12(15)11-5-4-6-13-11/h9-11,13H,3-8H2,1-2H3. The van der Waals surface area contributed by atoms with Crippen molar-refractivity contribution in [2.45, 2.75) is 51.3 Å². The van der Waals surface area contributed by atoms with Crippen molar-refractivity contribution in [3.8, 4) is 0 Å². The van der Waals surface area contributed by atoms with Crippen molar-refractivity contribution in [2.24, 2.45) is 0 Å². The van der Waals surface area contributed by atoms with Crippen molar-refractivity contribution in [1.82, 2.24) is 10.2 Å². The Hall–Kier alpha value is -0.610. The number of hydrogen-bond acceptors (Lipinski definition) is 3. The SMILES string of the molecule is CCC1COC(C)CN1C(=O)C1CCCN1. The van der Waals surface area contributed by atoms with E-state index in [1.54, 1.807) is 0 Å². The fourth-order valence-electron chi connectivity index (χ4n) is 2.55. The van der Waals surface area contributed by atoms with Crippen molar-refractivity contribution >= 4 is 5.91 Å². The van der Waals surface area contributed by atoms with Gasteiger partial charge in [0, 0.05) is 6.54 Å². The van der Waals surface area contributed by atoms with Gasteiger partial charge >= 0.3 is 0 Å². The highest BCUT2D eigenvalue weighted by Crippen LogP contribution is 2.18. The second-order valence-corrected chi connectivity index (χ2v) is 4.85. The van der Waals surface area contributed by atoms with Gasteiger partial charge in [-0.1, -0.05) is 6.92 Å². The molecule has 2 fully saturated rings. The van der Waals surface area contributed by atoms with E-state index in [1.807, 2.05) is 11.8 Å². The molecule has 0 aromatic carbocycles. The lowest BCUT2D eigenvalue weighted by molar-refractivity contribution is -0.146. The summed E-state index contributed by atoms with van der Waals surface area (Å²) < 4.78 is 5.61. The zero-order valence-corrected chi connectivity index (χ0v) is 10.2. The van der Waals surface area contributed by atoms with Crippen LogP contribution in [0.4, 0.5) is 0 Å². The number of ether oxygens (including phenoxy) is 1. The lowest BCUT2D eigenvalue weighted by Crippen LogP contribution is -2.55. The molecular weight excluding hydrogens is 204 g/mol. The van der Waals surface area contributed by atoms with Crippen LogP contribution >= 0.6 is 0 Å². The van der Waals surface area contributed by atoms with E-state index in [9.17, 15) is 4.79 Å². The van der Waals surface area contributed by atoms with Crippen molar-refractivity contribution < 1.29 is 9.53 Å². The first kappa shape index (κ1) is 11.9. The topological polar surface area (TPSA) is 41.6 Å². The maximum atomic E-state index is 12.3. The molecule has 16 heavy (non-hydrogen) atoms. The summed E-state index contributed by atoms with van der Waals surface area (Å²) in [6, 6.07) is 0.324. The molecule has 0 saturated carbocycles. The van der Waals surface area contributed by atoms with Crippen molar-refractivity contribution in [3.05, 3.63) is 0 Å². The predicted molar refractivity (Wildman–Crippen MR) is 62.2 cm³/mol. The maximum Gasteiger partial charge on any atom is 0.240 e. The van der Waals surface area contributed by atoms with Gasteiger partial charge in [-0.25, -0.2) is 0 Å². The van der Waals surface area contributed by atoms with E-state index in [1.165, 1.54) is 0 Å². The summed E-state index contributed by atoms with van der Waals surface area (Å²) in [5.41, 5.74) is 0. The molecule has 2 aliphatic heterocycles. The van der Waals surface area contributed by atoms with Gasteiger partial charge in [0.1, 0.15) is 0 Å². The molecule has 2 heterocycles. The quantitative estimate of drug-likeness (QED) is 0.756. The van der Waals surface area contributed by atoms with Gasteiger partial charge in [0.15, 0.2) is 0 Å². The molecule has 1 amide bonds. The van der Waals surface area contributed by atoms with E-state index in [0.717, 1.165) is 32.4 Å². The number of amides is 1. The van der Waals surface area contributed by atoms with Crippen LogP contribution in [0.25, 0.3) is 0 Å². The van der Waals surface area contributed by atoms with Crippen LogP contribution in [-0.2, 0) is 9.53 Å². The number of nitrogens with one attached hydrogen (secondary N) is 1. The van der Waals surface area contributed by atoms with Crippen LogP contribution in [0.3, 0.4) is 0 Å². The minimum atomic E-state index is 0.0550. The van der Waals surface area contributed by atoms with E-state index >= 15 is 0 Å². The van der Waals surface area contributed by atoms with Gasteiger partial charge in [-0.2, -0.15) is 0 Å². The van der Waals surface area contributed by atoms with Crippen LogP contribution in [0.2, 0.25) is 0 Å². The molecule has 2 saturated heterocycles. The van der Waals surface area contributed by atoms with Gasteiger partial charge in [-0.15, -0.1) is 0 Å². The third-order valence-electron chi connectivity index (χ3n) is 3.58. The summed E-state index contributed by atoms with van der Waals surface area (Å²) in [7, 11) is 0. The highest BCUT2D eigenvalue weighted by Gasteiger charge is 2.34. The smallest absolute Gasteiger partial charge is 0.240 e. The van der Waals surface area contributed by atoms with E-state index in [2.05, 4.69) is 12.2 Å². The second-order valence-electron chi connectivity index (χ2n) is 4.85. The first-order chi connectivity index (χ1) is 7.72. The van der Waals surface area contributed by atoms with Gasteiger partial charge in [0.25, 0.3) is 0 Å². The highest BCUT2D eigenvalue weighted by molar-refractivity contribution is 5.82. The molecule has 1 N–H and O–H groups in total. The maximum absolute atomic E-state index is 12.3. The molecule has 3 atom stereocenters. The fourth-order valence-corrected chi connectivity index (χ4v) is 2.55. The summed E-state index contributed by atoms with van der Waals surface area (Å²) >= 11 is 0. The van der Waals surface area contributed by atoms with Crippen LogP contribution in [-0.4, -0.2) is 48.7 Å². The average molecular weight is 226 g/mol. The Morgan fingerprint density at radius 2 is 2.38 bits per heavy atom. The third-order valence-corrected chi connectivity index (χ3v) is 3.58. The lowest BCUT2D eigenvalue weighted by atomic mass is 10.1. The van der Waals surface area contributed by atoms with Crippen LogP contribution in [0, 0.1) is 0 Å². The predicted octanol–water partition coefficient (Wildman–Crippen LogP) is 0.764. The van der Waals surface area contributed by atoms with Crippen LogP contribution in [0.1, 0.15) is 33.1 Å². The molecule has 0 aromatic heterocycles. The van der Waals surface area contributed by atoms with Crippen molar-refractivity contribution in [2.75, 3.05) is 19.7 Å². The third kappa shape index (κ3) is 2.38. The molecule has 4 nitrogen and oxygen atoms in total. The van der Waals surface area contributed by atoms with Crippen LogP contribution < -0.4 is 5.32 Å². The number of morpholine rings is 1. The zero-order valence-electron chi connectivity index (χ0n) is 10.2. The molecule has 0 aliphatic carbocycles.